The van der Waals surface area contributed by atoms with Crippen LogP contribution in [-0.4, -0.2) is 27.2 Å². The summed E-state index contributed by atoms with van der Waals surface area (Å²) in [6, 6.07) is 5.76. The van der Waals surface area contributed by atoms with E-state index in [1.54, 1.807) is 11.8 Å². The number of ether oxygens (including phenoxy) is 1. The van der Waals surface area contributed by atoms with E-state index in [2.05, 4.69) is 10.3 Å². The number of hydrogen-bond acceptors (Lipinski definition) is 4. The summed E-state index contributed by atoms with van der Waals surface area (Å²) in [7, 11) is 1.60. The Morgan fingerprint density at radius 2 is 2.25 bits per heavy atom. The molecule has 0 radical (unpaired) electrons. The van der Waals surface area contributed by atoms with E-state index in [0.29, 0.717) is 11.4 Å². The summed E-state index contributed by atoms with van der Waals surface area (Å²) < 4.78 is 6.83. The monoisotopic (exact) mass is 219 g/mol. The number of rotatable bonds is 3. The molecule has 0 atom stereocenters. The first-order valence-electron chi connectivity index (χ1n) is 4.91. The predicted molar refractivity (Wildman–Crippen MR) is 58.6 cm³/mol. The van der Waals surface area contributed by atoms with Crippen molar-refractivity contribution in [3.63, 3.8) is 0 Å². The Morgan fingerprint density at radius 3 is 2.94 bits per heavy atom. The molecule has 0 unspecified atom stereocenters. The van der Waals surface area contributed by atoms with Crippen molar-refractivity contribution in [1.29, 1.82) is 0 Å². The van der Waals surface area contributed by atoms with Crippen molar-refractivity contribution in [2.75, 3.05) is 7.11 Å². The van der Waals surface area contributed by atoms with Crippen molar-refractivity contribution in [2.24, 2.45) is 0 Å². The second kappa shape index (κ2) is 4.32. The van der Waals surface area contributed by atoms with Gasteiger partial charge in [-0.3, -0.25) is 0 Å². The Morgan fingerprint density at radius 1 is 1.44 bits per heavy atom. The quantitative estimate of drug-likeness (QED) is 0.839. The Balaban J connectivity index is 2.58. The van der Waals surface area contributed by atoms with Crippen LogP contribution in [0.5, 0.6) is 5.75 Å². The van der Waals surface area contributed by atoms with E-state index in [1.165, 1.54) is 6.20 Å². The standard InChI is InChI=1S/C11H13N3O2/c1-8-3-4-11(16-2)10(5-8)14-9(7-15)6-12-13-14/h3-6,15H,7H2,1-2H3. The topological polar surface area (TPSA) is 60.2 Å². The Hall–Kier alpha value is -1.88. The molecule has 0 amide bonds. The van der Waals surface area contributed by atoms with Crippen LogP contribution in [0, 0.1) is 6.92 Å². The zero-order valence-electron chi connectivity index (χ0n) is 9.21. The van der Waals surface area contributed by atoms with E-state index in [-0.39, 0.29) is 6.61 Å². The Labute approximate surface area is 93.3 Å². The molecule has 0 fully saturated rings. The molecule has 16 heavy (non-hydrogen) atoms. The summed E-state index contributed by atoms with van der Waals surface area (Å²) >= 11 is 0. The van der Waals surface area contributed by atoms with Crippen molar-refractivity contribution < 1.29 is 9.84 Å². The van der Waals surface area contributed by atoms with Gasteiger partial charge in [-0.25, -0.2) is 4.68 Å². The SMILES string of the molecule is COc1ccc(C)cc1-n1nncc1CO. The number of benzene rings is 1. The molecule has 0 bridgehead atoms. The van der Waals surface area contributed by atoms with Gasteiger partial charge in [0.1, 0.15) is 11.4 Å². The summed E-state index contributed by atoms with van der Waals surface area (Å²) in [5.74, 6) is 0.700. The first kappa shape index (κ1) is 10.6. The van der Waals surface area contributed by atoms with Crippen LogP contribution in [0.3, 0.4) is 0 Å². The maximum Gasteiger partial charge on any atom is 0.144 e. The molecule has 2 aromatic rings. The third-order valence-electron chi connectivity index (χ3n) is 2.34. The van der Waals surface area contributed by atoms with Gasteiger partial charge in [-0.05, 0) is 24.6 Å². The van der Waals surface area contributed by atoms with Gasteiger partial charge in [-0.15, -0.1) is 5.10 Å². The lowest BCUT2D eigenvalue weighted by atomic mass is 10.2. The van der Waals surface area contributed by atoms with Crippen LogP contribution in [-0.2, 0) is 6.61 Å². The summed E-state index contributed by atoms with van der Waals surface area (Å²) in [6.45, 7) is 1.88. The maximum absolute atomic E-state index is 9.16. The third-order valence-corrected chi connectivity index (χ3v) is 2.34. The largest absolute Gasteiger partial charge is 0.494 e. The summed E-state index contributed by atoms with van der Waals surface area (Å²) in [4.78, 5) is 0. The van der Waals surface area contributed by atoms with Crippen LogP contribution in [0.25, 0.3) is 5.69 Å². The number of aryl methyl sites for hydroxylation is 1. The molecule has 0 aliphatic carbocycles. The highest BCUT2D eigenvalue weighted by Crippen LogP contribution is 2.24. The first-order valence-corrected chi connectivity index (χ1v) is 4.91. The van der Waals surface area contributed by atoms with Crippen LogP contribution >= 0.6 is 0 Å². The highest BCUT2D eigenvalue weighted by atomic mass is 16.5. The van der Waals surface area contributed by atoms with E-state index in [0.717, 1.165) is 11.3 Å². The zero-order valence-corrected chi connectivity index (χ0v) is 9.21. The molecule has 5 nitrogen and oxygen atoms in total. The molecule has 0 spiro atoms. The van der Waals surface area contributed by atoms with Gasteiger partial charge in [0.25, 0.3) is 0 Å². The normalized spacial score (nSPS) is 10.4. The third kappa shape index (κ3) is 1.77. The minimum Gasteiger partial charge on any atom is -0.494 e. The van der Waals surface area contributed by atoms with E-state index in [4.69, 9.17) is 9.84 Å². The van der Waals surface area contributed by atoms with Gasteiger partial charge >= 0.3 is 0 Å². The average molecular weight is 219 g/mol. The molecule has 1 N–H and O–H groups in total. The Bertz CT molecular complexity index is 494. The smallest absolute Gasteiger partial charge is 0.144 e. The molecule has 1 heterocycles. The lowest BCUT2D eigenvalue weighted by Gasteiger charge is -2.10. The van der Waals surface area contributed by atoms with Crippen LogP contribution < -0.4 is 4.74 Å². The van der Waals surface area contributed by atoms with E-state index >= 15 is 0 Å². The van der Waals surface area contributed by atoms with E-state index in [9.17, 15) is 0 Å². The number of aliphatic hydroxyl groups is 1. The van der Waals surface area contributed by atoms with Crippen molar-refractivity contribution in [2.45, 2.75) is 13.5 Å². The lowest BCUT2D eigenvalue weighted by molar-refractivity contribution is 0.273. The summed E-state index contributed by atoms with van der Waals surface area (Å²) in [6.07, 6.45) is 1.53. The van der Waals surface area contributed by atoms with Gasteiger partial charge in [0.15, 0.2) is 0 Å². The van der Waals surface area contributed by atoms with Gasteiger partial charge < -0.3 is 9.84 Å². The fourth-order valence-electron chi connectivity index (χ4n) is 1.53. The number of nitrogens with zero attached hydrogens (tertiary/aromatic N) is 3. The number of hydrogen-bond donors (Lipinski definition) is 1. The second-order valence-electron chi connectivity index (χ2n) is 3.47. The van der Waals surface area contributed by atoms with Gasteiger partial charge in [0, 0.05) is 0 Å². The molecule has 0 aliphatic heterocycles. The van der Waals surface area contributed by atoms with E-state index < -0.39 is 0 Å². The molecule has 2 rings (SSSR count). The first-order chi connectivity index (χ1) is 7.76. The van der Waals surface area contributed by atoms with Crippen molar-refractivity contribution in [3.05, 3.63) is 35.7 Å². The molecule has 5 heteroatoms. The fraction of sp³-hybridized carbons (Fsp3) is 0.273. The number of aliphatic hydroxyl groups excluding tert-OH is 1. The minimum atomic E-state index is -0.107. The molecule has 0 saturated carbocycles. The Kier molecular flexibility index (Phi) is 2.87. The highest BCUT2D eigenvalue weighted by molar-refractivity contribution is 5.48. The molecule has 0 aliphatic rings. The lowest BCUT2D eigenvalue weighted by Crippen LogP contribution is -2.04. The average Bonchev–Trinajstić information content (AvgIpc) is 2.76. The molecular weight excluding hydrogens is 206 g/mol. The zero-order chi connectivity index (χ0) is 11.5. The van der Waals surface area contributed by atoms with Crippen molar-refractivity contribution >= 4 is 0 Å². The predicted octanol–water partition coefficient (Wildman–Crippen LogP) is 1.08. The van der Waals surface area contributed by atoms with Crippen molar-refractivity contribution in [1.82, 2.24) is 15.0 Å². The molecule has 84 valence electrons. The minimum absolute atomic E-state index is 0.107. The molecule has 0 saturated heterocycles. The molecular formula is C11H13N3O2. The highest BCUT2D eigenvalue weighted by Gasteiger charge is 2.10. The second-order valence-corrected chi connectivity index (χ2v) is 3.47. The van der Waals surface area contributed by atoms with Gasteiger partial charge in [-0.1, -0.05) is 11.3 Å². The summed E-state index contributed by atoms with van der Waals surface area (Å²) in [5, 5.41) is 16.9. The van der Waals surface area contributed by atoms with Crippen molar-refractivity contribution in [3.8, 4) is 11.4 Å². The van der Waals surface area contributed by atoms with Gasteiger partial charge in [0.05, 0.1) is 25.6 Å². The van der Waals surface area contributed by atoms with Crippen LogP contribution in [0.2, 0.25) is 0 Å². The summed E-state index contributed by atoms with van der Waals surface area (Å²) in [5.41, 5.74) is 2.50. The van der Waals surface area contributed by atoms with Crippen LogP contribution in [0.4, 0.5) is 0 Å². The molecule has 1 aromatic carbocycles. The molecule has 1 aromatic heterocycles. The van der Waals surface area contributed by atoms with Crippen LogP contribution in [0.15, 0.2) is 24.4 Å². The fourth-order valence-corrected chi connectivity index (χ4v) is 1.53. The van der Waals surface area contributed by atoms with Gasteiger partial charge in [-0.2, -0.15) is 0 Å². The van der Waals surface area contributed by atoms with E-state index in [1.807, 2.05) is 25.1 Å². The number of methoxy groups -OCH3 is 1. The maximum atomic E-state index is 9.16. The van der Waals surface area contributed by atoms with Crippen LogP contribution in [0.1, 0.15) is 11.3 Å². The number of aromatic nitrogens is 3. The van der Waals surface area contributed by atoms with Gasteiger partial charge in [0.2, 0.25) is 0 Å².